The van der Waals surface area contributed by atoms with Crippen molar-refractivity contribution in [3.63, 3.8) is 0 Å². The van der Waals surface area contributed by atoms with Gasteiger partial charge in [-0.3, -0.25) is 0 Å². The van der Waals surface area contributed by atoms with Crippen LogP contribution < -0.4 is 11.1 Å². The third-order valence-corrected chi connectivity index (χ3v) is 3.53. The van der Waals surface area contributed by atoms with Crippen molar-refractivity contribution >= 4 is 22.7 Å². The molecular formula is C13H13N3S. The highest BCUT2D eigenvalue weighted by Crippen LogP contribution is 2.19. The molecule has 0 atom stereocenters. The highest BCUT2D eigenvalue weighted by Gasteiger charge is 2.02. The fourth-order valence-electron chi connectivity index (χ4n) is 1.53. The van der Waals surface area contributed by atoms with Gasteiger partial charge in [-0.25, -0.2) is 0 Å². The molecular weight excluding hydrogens is 230 g/mol. The van der Waals surface area contributed by atoms with E-state index >= 15 is 0 Å². The first-order valence-electron chi connectivity index (χ1n) is 5.26. The minimum atomic E-state index is 0.511. The third kappa shape index (κ3) is 2.58. The summed E-state index contributed by atoms with van der Waals surface area (Å²) in [6.45, 7) is 2.86. The molecule has 1 aromatic heterocycles. The van der Waals surface area contributed by atoms with Crippen molar-refractivity contribution in [3.05, 3.63) is 45.6 Å². The lowest BCUT2D eigenvalue weighted by Gasteiger charge is -2.07. The molecule has 4 heteroatoms. The van der Waals surface area contributed by atoms with E-state index < -0.39 is 0 Å². The van der Waals surface area contributed by atoms with Gasteiger partial charge >= 0.3 is 0 Å². The van der Waals surface area contributed by atoms with E-state index in [1.165, 1.54) is 11.1 Å². The van der Waals surface area contributed by atoms with Crippen molar-refractivity contribution in [3.8, 4) is 6.07 Å². The molecule has 2 rings (SSSR count). The van der Waals surface area contributed by atoms with E-state index in [0.29, 0.717) is 11.3 Å². The number of hydrogen-bond donors (Lipinski definition) is 2. The standard InChI is InChI=1S/C13H13N3S/c1-9-7-17-8-11(9)6-16-12-2-3-13(15)10(4-12)5-14/h2-4,7-8,16H,6,15H2,1H3. The average molecular weight is 243 g/mol. The normalized spacial score (nSPS) is 9.88. The number of thiophene rings is 1. The summed E-state index contributed by atoms with van der Waals surface area (Å²) in [7, 11) is 0. The second-order valence-electron chi connectivity index (χ2n) is 3.85. The van der Waals surface area contributed by atoms with Crippen molar-refractivity contribution in [2.45, 2.75) is 13.5 Å². The molecule has 0 saturated carbocycles. The van der Waals surface area contributed by atoms with E-state index in [1.54, 1.807) is 23.5 Å². The number of nitrogen functional groups attached to an aromatic ring is 1. The van der Waals surface area contributed by atoms with Crippen LogP contribution in [0.3, 0.4) is 0 Å². The van der Waals surface area contributed by atoms with Crippen molar-refractivity contribution in [2.75, 3.05) is 11.1 Å². The molecule has 2 aromatic rings. The summed E-state index contributed by atoms with van der Waals surface area (Å²) in [6, 6.07) is 7.49. The van der Waals surface area contributed by atoms with Gasteiger partial charge in [-0.1, -0.05) is 0 Å². The maximum absolute atomic E-state index is 8.88. The number of anilines is 2. The summed E-state index contributed by atoms with van der Waals surface area (Å²) >= 11 is 1.70. The van der Waals surface area contributed by atoms with Crippen LogP contribution in [0.2, 0.25) is 0 Å². The second-order valence-corrected chi connectivity index (χ2v) is 4.59. The maximum Gasteiger partial charge on any atom is 0.101 e. The number of nitriles is 1. The predicted molar refractivity (Wildman–Crippen MR) is 72.0 cm³/mol. The van der Waals surface area contributed by atoms with Crippen LogP contribution in [0.1, 0.15) is 16.7 Å². The summed E-state index contributed by atoms with van der Waals surface area (Å²) in [5, 5.41) is 16.4. The van der Waals surface area contributed by atoms with Gasteiger partial charge in [0.25, 0.3) is 0 Å². The quantitative estimate of drug-likeness (QED) is 0.814. The average Bonchev–Trinajstić information content (AvgIpc) is 2.74. The topological polar surface area (TPSA) is 61.8 Å². The summed E-state index contributed by atoms with van der Waals surface area (Å²) in [4.78, 5) is 0. The van der Waals surface area contributed by atoms with Gasteiger partial charge in [0.1, 0.15) is 6.07 Å². The Kier molecular flexibility index (Phi) is 3.31. The Morgan fingerprint density at radius 1 is 1.41 bits per heavy atom. The van der Waals surface area contributed by atoms with Crippen LogP contribution in [0.5, 0.6) is 0 Å². The number of hydrogen-bond acceptors (Lipinski definition) is 4. The van der Waals surface area contributed by atoms with Gasteiger partial charge in [-0.2, -0.15) is 16.6 Å². The SMILES string of the molecule is Cc1cscc1CNc1ccc(N)c(C#N)c1. The van der Waals surface area contributed by atoms with E-state index in [1.807, 2.05) is 6.07 Å². The smallest absolute Gasteiger partial charge is 0.101 e. The highest BCUT2D eigenvalue weighted by molar-refractivity contribution is 7.08. The second kappa shape index (κ2) is 4.89. The molecule has 0 aliphatic carbocycles. The minimum Gasteiger partial charge on any atom is -0.398 e. The van der Waals surface area contributed by atoms with Crippen LogP contribution in [-0.4, -0.2) is 0 Å². The first-order chi connectivity index (χ1) is 8.20. The van der Waals surface area contributed by atoms with Crippen LogP contribution in [0.4, 0.5) is 11.4 Å². The first-order valence-corrected chi connectivity index (χ1v) is 6.20. The van der Waals surface area contributed by atoms with E-state index in [2.05, 4.69) is 29.1 Å². The van der Waals surface area contributed by atoms with Crippen LogP contribution in [-0.2, 0) is 6.54 Å². The number of nitrogens with one attached hydrogen (secondary N) is 1. The maximum atomic E-state index is 8.88. The zero-order valence-electron chi connectivity index (χ0n) is 9.53. The molecule has 0 unspecified atom stereocenters. The molecule has 3 nitrogen and oxygen atoms in total. The minimum absolute atomic E-state index is 0.511. The zero-order valence-corrected chi connectivity index (χ0v) is 10.3. The molecule has 0 radical (unpaired) electrons. The van der Waals surface area contributed by atoms with E-state index in [0.717, 1.165) is 12.2 Å². The van der Waals surface area contributed by atoms with Gasteiger partial charge in [0.05, 0.1) is 5.56 Å². The Hall–Kier alpha value is -1.99. The molecule has 17 heavy (non-hydrogen) atoms. The van der Waals surface area contributed by atoms with Crippen LogP contribution in [0.25, 0.3) is 0 Å². The molecule has 0 aliphatic rings. The van der Waals surface area contributed by atoms with Gasteiger partial charge < -0.3 is 11.1 Å². The van der Waals surface area contributed by atoms with E-state index in [4.69, 9.17) is 11.0 Å². The molecule has 0 fully saturated rings. The van der Waals surface area contributed by atoms with Crippen molar-refractivity contribution in [1.82, 2.24) is 0 Å². The lowest BCUT2D eigenvalue weighted by Crippen LogP contribution is -2.00. The molecule has 0 spiro atoms. The number of nitrogens with two attached hydrogens (primary N) is 1. The molecule has 3 N–H and O–H groups in total. The molecule has 1 heterocycles. The van der Waals surface area contributed by atoms with Crippen molar-refractivity contribution in [2.24, 2.45) is 0 Å². The Bertz CT molecular complexity index is 566. The zero-order chi connectivity index (χ0) is 12.3. The van der Waals surface area contributed by atoms with Crippen LogP contribution in [0.15, 0.2) is 29.0 Å². The largest absolute Gasteiger partial charge is 0.398 e. The first kappa shape index (κ1) is 11.5. The lowest BCUT2D eigenvalue weighted by atomic mass is 10.1. The fourth-order valence-corrected chi connectivity index (χ4v) is 2.39. The predicted octanol–water partition coefficient (Wildman–Crippen LogP) is 3.12. The van der Waals surface area contributed by atoms with Crippen molar-refractivity contribution in [1.29, 1.82) is 5.26 Å². The monoisotopic (exact) mass is 243 g/mol. The lowest BCUT2D eigenvalue weighted by molar-refractivity contribution is 1.14. The van der Waals surface area contributed by atoms with Gasteiger partial charge in [0, 0.05) is 17.9 Å². The highest BCUT2D eigenvalue weighted by atomic mass is 32.1. The van der Waals surface area contributed by atoms with E-state index in [-0.39, 0.29) is 0 Å². The molecule has 86 valence electrons. The molecule has 0 aliphatic heterocycles. The van der Waals surface area contributed by atoms with Crippen LogP contribution in [0, 0.1) is 18.3 Å². The van der Waals surface area contributed by atoms with Gasteiger partial charge in [-0.15, -0.1) is 0 Å². The number of aryl methyl sites for hydroxylation is 1. The van der Waals surface area contributed by atoms with Crippen LogP contribution >= 0.6 is 11.3 Å². The van der Waals surface area contributed by atoms with Gasteiger partial charge in [0.15, 0.2) is 0 Å². The number of benzene rings is 1. The molecule has 0 amide bonds. The summed E-state index contributed by atoms with van der Waals surface area (Å²) in [5.41, 5.74) is 10.2. The molecule has 0 saturated heterocycles. The number of rotatable bonds is 3. The summed E-state index contributed by atoms with van der Waals surface area (Å²) in [6.07, 6.45) is 0. The number of nitrogens with zero attached hydrogens (tertiary/aromatic N) is 1. The van der Waals surface area contributed by atoms with E-state index in [9.17, 15) is 0 Å². The Labute approximate surface area is 105 Å². The molecule has 0 bridgehead atoms. The fraction of sp³-hybridized carbons (Fsp3) is 0.154. The Morgan fingerprint density at radius 3 is 2.88 bits per heavy atom. The van der Waals surface area contributed by atoms with Crippen molar-refractivity contribution < 1.29 is 0 Å². The third-order valence-electron chi connectivity index (χ3n) is 2.62. The summed E-state index contributed by atoms with van der Waals surface area (Å²) in [5.74, 6) is 0. The Balaban J connectivity index is 2.10. The Morgan fingerprint density at radius 2 is 2.24 bits per heavy atom. The van der Waals surface area contributed by atoms with Gasteiger partial charge in [0.2, 0.25) is 0 Å². The summed E-state index contributed by atoms with van der Waals surface area (Å²) < 4.78 is 0. The molecule has 1 aromatic carbocycles. The van der Waals surface area contributed by atoms with Gasteiger partial charge in [-0.05, 0) is 47.0 Å².